The van der Waals surface area contributed by atoms with Gasteiger partial charge in [0.05, 0.1) is 6.61 Å². The number of anilines is 1. The maximum absolute atomic E-state index is 9.12. The minimum absolute atomic E-state index is 0.00847. The van der Waals surface area contributed by atoms with Gasteiger partial charge in [0.25, 0.3) is 0 Å². The van der Waals surface area contributed by atoms with Gasteiger partial charge in [-0.2, -0.15) is 0 Å². The number of aliphatic hydroxyl groups is 1. The van der Waals surface area contributed by atoms with E-state index >= 15 is 0 Å². The van der Waals surface area contributed by atoms with Gasteiger partial charge in [0.1, 0.15) is 0 Å². The third-order valence-electron chi connectivity index (χ3n) is 4.05. The minimum Gasteiger partial charge on any atom is -0.392 e. The van der Waals surface area contributed by atoms with E-state index in [1.54, 1.807) is 0 Å². The van der Waals surface area contributed by atoms with Crippen molar-refractivity contribution in [2.24, 2.45) is 11.8 Å². The monoisotopic (exact) mass is 267 g/mol. The van der Waals surface area contributed by atoms with E-state index in [0.29, 0.717) is 5.02 Å². The molecule has 1 aromatic rings. The van der Waals surface area contributed by atoms with Gasteiger partial charge in [-0.1, -0.05) is 31.5 Å². The van der Waals surface area contributed by atoms with E-state index in [0.717, 1.165) is 30.5 Å². The summed E-state index contributed by atoms with van der Waals surface area (Å²) in [5.74, 6) is 1.64. The van der Waals surface area contributed by atoms with Crippen LogP contribution in [0.15, 0.2) is 18.2 Å². The molecule has 0 aromatic heterocycles. The van der Waals surface area contributed by atoms with Crippen LogP contribution in [0.5, 0.6) is 0 Å². The Labute approximate surface area is 115 Å². The Morgan fingerprint density at radius 2 is 2.00 bits per heavy atom. The zero-order valence-electron chi connectivity index (χ0n) is 11.2. The van der Waals surface area contributed by atoms with Gasteiger partial charge >= 0.3 is 0 Å². The summed E-state index contributed by atoms with van der Waals surface area (Å²) in [7, 11) is 0. The molecule has 0 aliphatic carbocycles. The Kier molecular flexibility index (Phi) is 4.52. The standard InChI is InChI=1S/C15H22ClNO/c1-11(2)12-5-7-17(8-6-12)14-4-3-13(10-18)15(16)9-14/h3-4,9,11-12,18H,5-8,10H2,1-2H3. The lowest BCUT2D eigenvalue weighted by Gasteiger charge is -2.35. The predicted molar refractivity (Wildman–Crippen MR) is 77.1 cm³/mol. The summed E-state index contributed by atoms with van der Waals surface area (Å²) < 4.78 is 0. The van der Waals surface area contributed by atoms with E-state index < -0.39 is 0 Å². The van der Waals surface area contributed by atoms with Crippen LogP contribution < -0.4 is 4.90 Å². The predicted octanol–water partition coefficient (Wildman–Crippen LogP) is 3.70. The van der Waals surface area contributed by atoms with Gasteiger partial charge in [0.15, 0.2) is 0 Å². The summed E-state index contributed by atoms with van der Waals surface area (Å²) in [6.07, 6.45) is 2.52. The molecule has 0 amide bonds. The van der Waals surface area contributed by atoms with Gasteiger partial charge in [0.2, 0.25) is 0 Å². The van der Waals surface area contributed by atoms with Crippen LogP contribution in [-0.4, -0.2) is 18.2 Å². The molecule has 0 bridgehead atoms. The maximum atomic E-state index is 9.12. The molecule has 3 heteroatoms. The summed E-state index contributed by atoms with van der Waals surface area (Å²) in [6.45, 7) is 6.85. The minimum atomic E-state index is 0.00847. The molecule has 1 heterocycles. The fraction of sp³-hybridized carbons (Fsp3) is 0.600. The average molecular weight is 268 g/mol. The topological polar surface area (TPSA) is 23.5 Å². The number of hydrogen-bond acceptors (Lipinski definition) is 2. The molecule has 1 aromatic carbocycles. The maximum Gasteiger partial charge on any atom is 0.0696 e. The van der Waals surface area contributed by atoms with Gasteiger partial charge in [0, 0.05) is 23.8 Å². The van der Waals surface area contributed by atoms with Crippen molar-refractivity contribution in [3.8, 4) is 0 Å². The molecular formula is C15H22ClNO. The van der Waals surface area contributed by atoms with E-state index in [1.165, 1.54) is 18.5 Å². The first-order valence-electron chi connectivity index (χ1n) is 6.76. The summed E-state index contributed by atoms with van der Waals surface area (Å²) in [5.41, 5.74) is 1.98. The third-order valence-corrected chi connectivity index (χ3v) is 4.41. The zero-order valence-corrected chi connectivity index (χ0v) is 12.0. The lowest BCUT2D eigenvalue weighted by molar-refractivity contribution is 0.282. The summed E-state index contributed by atoms with van der Waals surface area (Å²) >= 11 is 6.14. The van der Waals surface area contributed by atoms with Crippen LogP contribution in [0.3, 0.4) is 0 Å². The van der Waals surface area contributed by atoms with E-state index in [9.17, 15) is 0 Å². The second-order valence-electron chi connectivity index (χ2n) is 5.50. The Morgan fingerprint density at radius 1 is 1.33 bits per heavy atom. The van der Waals surface area contributed by atoms with Crippen molar-refractivity contribution in [2.75, 3.05) is 18.0 Å². The molecule has 2 nitrogen and oxygen atoms in total. The summed E-state index contributed by atoms with van der Waals surface area (Å²) in [6, 6.07) is 5.96. The summed E-state index contributed by atoms with van der Waals surface area (Å²) in [5, 5.41) is 9.78. The molecule has 0 atom stereocenters. The molecule has 0 saturated carbocycles. The lowest BCUT2D eigenvalue weighted by Crippen LogP contribution is -2.35. The lowest BCUT2D eigenvalue weighted by atomic mass is 9.86. The van der Waals surface area contributed by atoms with Gasteiger partial charge < -0.3 is 10.0 Å². The first kappa shape index (κ1) is 13.7. The highest BCUT2D eigenvalue weighted by Gasteiger charge is 2.21. The highest BCUT2D eigenvalue weighted by molar-refractivity contribution is 6.31. The van der Waals surface area contributed by atoms with Crippen LogP contribution in [-0.2, 0) is 6.61 Å². The first-order chi connectivity index (χ1) is 8.61. The van der Waals surface area contributed by atoms with Gasteiger partial charge in [-0.25, -0.2) is 0 Å². The van der Waals surface area contributed by atoms with Gasteiger partial charge in [-0.3, -0.25) is 0 Å². The van der Waals surface area contributed by atoms with Crippen molar-refractivity contribution < 1.29 is 5.11 Å². The SMILES string of the molecule is CC(C)C1CCN(c2ccc(CO)c(Cl)c2)CC1. The molecule has 1 fully saturated rings. The number of nitrogens with zero attached hydrogens (tertiary/aromatic N) is 1. The Balaban J connectivity index is 2.03. The average Bonchev–Trinajstić information content (AvgIpc) is 2.38. The number of halogens is 1. The number of aliphatic hydroxyl groups excluding tert-OH is 1. The zero-order chi connectivity index (χ0) is 13.1. The van der Waals surface area contributed by atoms with Crippen LogP contribution in [0.4, 0.5) is 5.69 Å². The number of hydrogen-bond donors (Lipinski definition) is 1. The van der Waals surface area contributed by atoms with Crippen LogP contribution >= 0.6 is 11.6 Å². The Bertz CT molecular complexity index is 397. The fourth-order valence-corrected chi connectivity index (χ4v) is 2.92. The third kappa shape index (κ3) is 2.99. The highest BCUT2D eigenvalue weighted by atomic mass is 35.5. The van der Waals surface area contributed by atoms with E-state index in [1.807, 2.05) is 12.1 Å². The second-order valence-corrected chi connectivity index (χ2v) is 5.91. The van der Waals surface area contributed by atoms with Crippen molar-refractivity contribution in [1.82, 2.24) is 0 Å². The van der Waals surface area contributed by atoms with Gasteiger partial charge in [-0.05, 0) is 42.4 Å². The van der Waals surface area contributed by atoms with Crippen LogP contribution in [0.25, 0.3) is 0 Å². The fourth-order valence-electron chi connectivity index (χ4n) is 2.69. The first-order valence-corrected chi connectivity index (χ1v) is 7.14. The van der Waals surface area contributed by atoms with Crippen molar-refractivity contribution in [2.45, 2.75) is 33.3 Å². The van der Waals surface area contributed by atoms with E-state index in [4.69, 9.17) is 16.7 Å². The number of benzene rings is 1. The van der Waals surface area contributed by atoms with Crippen molar-refractivity contribution in [1.29, 1.82) is 0 Å². The molecule has 0 radical (unpaired) electrons. The van der Waals surface area contributed by atoms with E-state index in [-0.39, 0.29) is 6.61 Å². The molecule has 1 aliphatic heterocycles. The molecule has 0 spiro atoms. The van der Waals surface area contributed by atoms with Crippen LogP contribution in [0.1, 0.15) is 32.3 Å². The second kappa shape index (κ2) is 5.94. The number of piperidine rings is 1. The molecule has 2 rings (SSSR count). The highest BCUT2D eigenvalue weighted by Crippen LogP contribution is 2.30. The molecule has 100 valence electrons. The van der Waals surface area contributed by atoms with Crippen molar-refractivity contribution in [3.63, 3.8) is 0 Å². The quantitative estimate of drug-likeness (QED) is 0.903. The molecule has 0 unspecified atom stereocenters. The van der Waals surface area contributed by atoms with Crippen LogP contribution in [0.2, 0.25) is 5.02 Å². The summed E-state index contributed by atoms with van der Waals surface area (Å²) in [4.78, 5) is 2.39. The smallest absolute Gasteiger partial charge is 0.0696 e. The van der Waals surface area contributed by atoms with Gasteiger partial charge in [-0.15, -0.1) is 0 Å². The van der Waals surface area contributed by atoms with Crippen molar-refractivity contribution in [3.05, 3.63) is 28.8 Å². The Hall–Kier alpha value is -0.730. The van der Waals surface area contributed by atoms with E-state index in [2.05, 4.69) is 24.8 Å². The van der Waals surface area contributed by atoms with Crippen molar-refractivity contribution >= 4 is 17.3 Å². The molecule has 1 aliphatic rings. The Morgan fingerprint density at radius 3 is 2.50 bits per heavy atom. The molecule has 1 N–H and O–H groups in total. The molecule has 1 saturated heterocycles. The molecular weight excluding hydrogens is 246 g/mol. The van der Waals surface area contributed by atoms with Crippen LogP contribution in [0, 0.1) is 11.8 Å². The normalized spacial score (nSPS) is 17.5. The number of rotatable bonds is 3. The largest absolute Gasteiger partial charge is 0.392 e. The molecule has 18 heavy (non-hydrogen) atoms.